The number of halogens is 1. The molecule has 0 bridgehead atoms. The fourth-order valence-corrected chi connectivity index (χ4v) is 5.58. The van der Waals surface area contributed by atoms with Crippen molar-refractivity contribution in [1.82, 2.24) is 9.29 Å². The van der Waals surface area contributed by atoms with E-state index in [-0.39, 0.29) is 10.8 Å². The van der Waals surface area contributed by atoms with Crippen molar-refractivity contribution in [3.05, 3.63) is 63.4 Å². The molecule has 0 spiro atoms. The number of carbonyl (C=O) groups is 1. The maximum Gasteiger partial charge on any atom is 0.252 e. The first-order valence-corrected chi connectivity index (χ1v) is 11.3. The third-order valence-electron chi connectivity index (χ3n) is 3.62. The van der Waals surface area contributed by atoms with E-state index >= 15 is 0 Å². The van der Waals surface area contributed by atoms with Crippen molar-refractivity contribution in [1.29, 1.82) is 0 Å². The quantitative estimate of drug-likeness (QED) is 0.606. The predicted octanol–water partition coefficient (Wildman–Crippen LogP) is 3.71. The van der Waals surface area contributed by atoms with E-state index in [0.29, 0.717) is 16.6 Å². The molecule has 1 N–H and O–H groups in total. The van der Waals surface area contributed by atoms with Crippen molar-refractivity contribution in [2.24, 2.45) is 0 Å². The van der Waals surface area contributed by atoms with Gasteiger partial charge in [-0.3, -0.25) is 4.79 Å². The van der Waals surface area contributed by atoms with Gasteiger partial charge in [0.1, 0.15) is 4.21 Å². The van der Waals surface area contributed by atoms with E-state index in [0.717, 1.165) is 26.1 Å². The van der Waals surface area contributed by atoms with Crippen molar-refractivity contribution in [3.63, 3.8) is 0 Å². The van der Waals surface area contributed by atoms with Gasteiger partial charge < -0.3 is 5.32 Å². The van der Waals surface area contributed by atoms with Gasteiger partial charge in [-0.1, -0.05) is 29.8 Å². The summed E-state index contributed by atoms with van der Waals surface area (Å²) in [7, 11) is -2.28. The summed E-state index contributed by atoms with van der Waals surface area (Å²) in [6, 6.07) is 10.7. The normalized spacial score (nSPS) is 11.7. The summed E-state index contributed by atoms with van der Waals surface area (Å²) in [6.45, 7) is -0.285. The van der Waals surface area contributed by atoms with Crippen LogP contribution in [0.15, 0.2) is 52.2 Å². The highest BCUT2D eigenvalue weighted by Crippen LogP contribution is 2.23. The number of nitrogens with zero attached hydrogens (tertiary/aromatic N) is 2. The fraction of sp³-hybridized carbons (Fsp3) is 0.176. The largest absolute Gasteiger partial charge is 0.301 e. The average Bonchev–Trinajstić information content (AvgIpc) is 3.29. The zero-order chi connectivity index (χ0) is 19.4. The summed E-state index contributed by atoms with van der Waals surface area (Å²) < 4.78 is 25.9. The zero-order valence-electron chi connectivity index (χ0n) is 14.3. The van der Waals surface area contributed by atoms with Gasteiger partial charge in [-0.05, 0) is 29.1 Å². The molecular weight excluding hydrogens is 426 g/mol. The fourth-order valence-electron chi connectivity index (χ4n) is 2.26. The molecule has 2 aromatic heterocycles. The molecule has 0 aliphatic carbocycles. The molecule has 0 aliphatic rings. The topological polar surface area (TPSA) is 79.4 Å². The molecule has 3 rings (SSSR count). The Kier molecular flexibility index (Phi) is 6.28. The van der Waals surface area contributed by atoms with E-state index in [9.17, 15) is 13.2 Å². The minimum atomic E-state index is -3.66. The highest BCUT2D eigenvalue weighted by molar-refractivity contribution is 7.91. The van der Waals surface area contributed by atoms with Gasteiger partial charge >= 0.3 is 0 Å². The highest BCUT2D eigenvalue weighted by Gasteiger charge is 2.24. The van der Waals surface area contributed by atoms with Crippen LogP contribution in [0.25, 0.3) is 0 Å². The first-order chi connectivity index (χ1) is 12.8. The Bertz CT molecular complexity index is 1020. The number of sulfonamides is 1. The summed E-state index contributed by atoms with van der Waals surface area (Å²) in [4.78, 5) is 17.3. The summed E-state index contributed by atoms with van der Waals surface area (Å²) in [5, 5.41) is 5.44. The third-order valence-corrected chi connectivity index (χ3v) is 7.96. The number of nitrogens with one attached hydrogen (secondary N) is 1. The standard InChI is InChI=1S/C17H16ClN3O3S3/c1-21(27(23,24)16-3-2-8-25-16)11-15(22)20-17-19-10-14(26-17)9-12-4-6-13(18)7-5-12/h2-8,10H,9,11H2,1H3,(H,19,20,22). The second kappa shape index (κ2) is 8.49. The Morgan fingerprint density at radius 3 is 2.67 bits per heavy atom. The van der Waals surface area contributed by atoms with Gasteiger partial charge in [-0.15, -0.1) is 22.7 Å². The summed E-state index contributed by atoms with van der Waals surface area (Å²) >= 11 is 8.34. The number of amides is 1. The molecule has 142 valence electrons. The Morgan fingerprint density at radius 2 is 2.00 bits per heavy atom. The lowest BCUT2D eigenvalue weighted by Crippen LogP contribution is -2.34. The third kappa shape index (κ3) is 5.14. The van der Waals surface area contributed by atoms with E-state index in [1.807, 2.05) is 24.3 Å². The Labute approximate surface area is 170 Å². The van der Waals surface area contributed by atoms with E-state index in [2.05, 4.69) is 10.3 Å². The maximum absolute atomic E-state index is 12.3. The Balaban J connectivity index is 1.58. The lowest BCUT2D eigenvalue weighted by molar-refractivity contribution is -0.116. The van der Waals surface area contributed by atoms with Gasteiger partial charge in [0.15, 0.2) is 5.13 Å². The molecule has 1 aromatic carbocycles. The van der Waals surface area contributed by atoms with Crippen LogP contribution in [0.5, 0.6) is 0 Å². The van der Waals surface area contributed by atoms with Gasteiger partial charge in [0.25, 0.3) is 10.0 Å². The molecule has 0 radical (unpaired) electrons. The number of likely N-dealkylation sites (N-methyl/N-ethyl adjacent to an activating group) is 1. The van der Waals surface area contributed by atoms with Gasteiger partial charge in [-0.25, -0.2) is 13.4 Å². The molecule has 0 saturated heterocycles. The van der Waals surface area contributed by atoms with Crippen molar-refractivity contribution >= 4 is 55.3 Å². The Morgan fingerprint density at radius 1 is 1.26 bits per heavy atom. The molecule has 0 atom stereocenters. The van der Waals surface area contributed by atoms with Crippen LogP contribution >= 0.6 is 34.3 Å². The van der Waals surface area contributed by atoms with Gasteiger partial charge in [0.05, 0.1) is 6.54 Å². The second-order valence-corrected chi connectivity index (χ2v) is 10.4. The molecule has 3 aromatic rings. The van der Waals surface area contributed by atoms with Crippen LogP contribution in [0, 0.1) is 0 Å². The maximum atomic E-state index is 12.3. The Hall–Kier alpha value is -1.78. The first-order valence-electron chi connectivity index (χ1n) is 7.83. The highest BCUT2D eigenvalue weighted by atomic mass is 35.5. The van der Waals surface area contributed by atoms with E-state index in [1.165, 1.54) is 24.5 Å². The van der Waals surface area contributed by atoms with Crippen molar-refractivity contribution in [2.75, 3.05) is 18.9 Å². The van der Waals surface area contributed by atoms with Crippen molar-refractivity contribution in [2.45, 2.75) is 10.6 Å². The summed E-state index contributed by atoms with van der Waals surface area (Å²) in [5.74, 6) is -0.440. The molecule has 0 unspecified atom stereocenters. The van der Waals surface area contributed by atoms with Crippen LogP contribution in [0.3, 0.4) is 0 Å². The van der Waals surface area contributed by atoms with E-state index in [1.54, 1.807) is 17.6 Å². The van der Waals surface area contributed by atoms with Crippen molar-refractivity contribution < 1.29 is 13.2 Å². The number of thiazole rings is 1. The number of rotatable bonds is 7. The monoisotopic (exact) mass is 441 g/mol. The molecule has 0 saturated carbocycles. The zero-order valence-corrected chi connectivity index (χ0v) is 17.5. The number of hydrogen-bond donors (Lipinski definition) is 1. The van der Waals surface area contributed by atoms with Crippen LogP contribution in [0.2, 0.25) is 5.02 Å². The van der Waals surface area contributed by atoms with Gasteiger partial charge in [0, 0.05) is 29.6 Å². The SMILES string of the molecule is CN(CC(=O)Nc1ncc(Cc2ccc(Cl)cc2)s1)S(=O)(=O)c1cccs1. The number of anilines is 1. The van der Waals surface area contributed by atoms with E-state index < -0.39 is 15.9 Å². The van der Waals surface area contributed by atoms with Crippen LogP contribution in [-0.4, -0.2) is 37.2 Å². The molecule has 2 heterocycles. The minimum absolute atomic E-state index is 0.206. The lowest BCUT2D eigenvalue weighted by Gasteiger charge is -2.14. The number of carbonyl (C=O) groups excluding carboxylic acids is 1. The van der Waals surface area contributed by atoms with Gasteiger partial charge in [0.2, 0.25) is 5.91 Å². The molecule has 27 heavy (non-hydrogen) atoms. The number of aromatic nitrogens is 1. The van der Waals surface area contributed by atoms with Crippen LogP contribution < -0.4 is 5.32 Å². The van der Waals surface area contributed by atoms with Crippen LogP contribution in [0.1, 0.15) is 10.4 Å². The molecule has 6 nitrogen and oxygen atoms in total. The average molecular weight is 442 g/mol. The minimum Gasteiger partial charge on any atom is -0.301 e. The lowest BCUT2D eigenvalue weighted by atomic mass is 10.1. The predicted molar refractivity (Wildman–Crippen MR) is 109 cm³/mol. The van der Waals surface area contributed by atoms with Crippen LogP contribution in [0.4, 0.5) is 5.13 Å². The summed E-state index contributed by atoms with van der Waals surface area (Å²) in [5.41, 5.74) is 1.09. The van der Waals surface area contributed by atoms with Crippen LogP contribution in [-0.2, 0) is 21.2 Å². The molecular formula is C17H16ClN3O3S3. The number of hydrogen-bond acceptors (Lipinski definition) is 6. The molecule has 0 fully saturated rings. The smallest absolute Gasteiger partial charge is 0.252 e. The number of benzene rings is 1. The summed E-state index contributed by atoms with van der Waals surface area (Å²) in [6.07, 6.45) is 2.37. The molecule has 0 aliphatic heterocycles. The molecule has 1 amide bonds. The molecule has 10 heteroatoms. The van der Waals surface area contributed by atoms with E-state index in [4.69, 9.17) is 11.6 Å². The van der Waals surface area contributed by atoms with Gasteiger partial charge in [-0.2, -0.15) is 4.31 Å². The van der Waals surface area contributed by atoms with Crippen molar-refractivity contribution in [3.8, 4) is 0 Å². The second-order valence-electron chi connectivity index (χ2n) is 5.68. The number of thiophene rings is 1. The first kappa shape index (κ1) is 20.0.